The van der Waals surface area contributed by atoms with Crippen LogP contribution in [0, 0.1) is 11.5 Å². The number of rotatable bonds is 5. The van der Waals surface area contributed by atoms with E-state index in [-0.39, 0.29) is 5.96 Å². The topological polar surface area (TPSA) is 78.3 Å². The molecule has 1 heterocycles. The van der Waals surface area contributed by atoms with E-state index in [1.54, 1.807) is 36.3 Å². The first-order chi connectivity index (χ1) is 7.77. The summed E-state index contributed by atoms with van der Waals surface area (Å²) in [6.45, 7) is 0.579. The zero-order valence-corrected chi connectivity index (χ0v) is 10.6. The highest BCUT2D eigenvalue weighted by molar-refractivity contribution is 7.98. The molecule has 7 heteroatoms. The van der Waals surface area contributed by atoms with Gasteiger partial charge < -0.3 is 5.73 Å². The Bertz CT molecular complexity index is 368. The smallest absolute Gasteiger partial charge is 0.204 e. The maximum atomic E-state index is 8.81. The molecule has 0 atom stereocenters. The van der Waals surface area contributed by atoms with Gasteiger partial charge in [-0.25, -0.2) is 9.88 Å². The molecule has 0 saturated carbocycles. The van der Waals surface area contributed by atoms with Crippen molar-refractivity contribution in [2.24, 2.45) is 10.7 Å². The maximum Gasteiger partial charge on any atom is 0.204 e. The Morgan fingerprint density at radius 2 is 2.62 bits per heavy atom. The molecule has 0 aromatic carbocycles. The Morgan fingerprint density at radius 1 is 1.81 bits per heavy atom. The summed E-state index contributed by atoms with van der Waals surface area (Å²) < 4.78 is 0. The standard InChI is InChI=1S/C9H13N5S2/c1-12-9(11)14(7-10)3-5-15-6-8-13-2-4-16-8/h2,4H,3,5-6H2,1H3,(H2,11,12). The Kier molecular flexibility index (Phi) is 5.67. The molecule has 0 aliphatic carbocycles. The molecule has 0 bridgehead atoms. The van der Waals surface area contributed by atoms with Crippen molar-refractivity contribution in [2.45, 2.75) is 5.75 Å². The van der Waals surface area contributed by atoms with Crippen molar-refractivity contribution in [1.82, 2.24) is 9.88 Å². The molecule has 2 N–H and O–H groups in total. The van der Waals surface area contributed by atoms with Crippen molar-refractivity contribution in [3.63, 3.8) is 0 Å². The fourth-order valence-electron chi connectivity index (χ4n) is 0.976. The van der Waals surface area contributed by atoms with E-state index in [0.717, 1.165) is 16.5 Å². The van der Waals surface area contributed by atoms with Gasteiger partial charge in [0.15, 0.2) is 6.19 Å². The summed E-state index contributed by atoms with van der Waals surface area (Å²) in [5, 5.41) is 11.9. The monoisotopic (exact) mass is 255 g/mol. The fourth-order valence-corrected chi connectivity index (χ4v) is 2.60. The number of thioether (sulfide) groups is 1. The van der Waals surface area contributed by atoms with E-state index in [0.29, 0.717) is 6.54 Å². The highest BCUT2D eigenvalue weighted by atomic mass is 32.2. The Labute approximate surface area is 103 Å². The summed E-state index contributed by atoms with van der Waals surface area (Å²) in [5.74, 6) is 1.96. The van der Waals surface area contributed by atoms with E-state index in [4.69, 9.17) is 11.0 Å². The van der Waals surface area contributed by atoms with Crippen molar-refractivity contribution < 1.29 is 0 Å². The molecule has 0 aliphatic rings. The molecule has 1 rings (SSSR count). The molecule has 0 amide bonds. The van der Waals surface area contributed by atoms with Crippen LogP contribution in [0.1, 0.15) is 5.01 Å². The number of aromatic nitrogens is 1. The number of nitriles is 1. The number of nitrogens with two attached hydrogens (primary N) is 1. The van der Waals surface area contributed by atoms with Crippen LogP contribution >= 0.6 is 23.1 Å². The van der Waals surface area contributed by atoms with E-state index in [2.05, 4.69) is 9.98 Å². The zero-order chi connectivity index (χ0) is 11.8. The van der Waals surface area contributed by atoms with Crippen molar-refractivity contribution in [3.8, 4) is 6.19 Å². The van der Waals surface area contributed by atoms with Crippen molar-refractivity contribution in [2.75, 3.05) is 19.3 Å². The predicted octanol–water partition coefficient (Wildman–Crippen LogP) is 1.10. The lowest BCUT2D eigenvalue weighted by molar-refractivity contribution is 0.606. The van der Waals surface area contributed by atoms with E-state index in [1.807, 2.05) is 11.6 Å². The van der Waals surface area contributed by atoms with Crippen LogP contribution < -0.4 is 5.73 Å². The van der Waals surface area contributed by atoms with Gasteiger partial charge in [0.25, 0.3) is 0 Å². The number of guanidine groups is 1. The fraction of sp³-hybridized carbons (Fsp3) is 0.444. The molecule has 0 saturated heterocycles. The second kappa shape index (κ2) is 7.09. The first-order valence-corrected chi connectivity index (χ1v) is 6.67. The number of thiazole rings is 1. The third kappa shape index (κ3) is 4.08. The molecule has 0 aliphatic heterocycles. The van der Waals surface area contributed by atoms with E-state index < -0.39 is 0 Å². The van der Waals surface area contributed by atoms with Gasteiger partial charge in [-0.3, -0.25) is 4.99 Å². The highest BCUT2D eigenvalue weighted by Crippen LogP contribution is 2.13. The summed E-state index contributed by atoms with van der Waals surface area (Å²) in [5.41, 5.74) is 5.54. The van der Waals surface area contributed by atoms with Gasteiger partial charge in [-0.1, -0.05) is 0 Å². The second-order valence-electron chi connectivity index (χ2n) is 2.81. The van der Waals surface area contributed by atoms with Crippen LogP contribution in [-0.4, -0.2) is 35.2 Å². The zero-order valence-electron chi connectivity index (χ0n) is 8.96. The molecule has 0 unspecified atom stereocenters. The van der Waals surface area contributed by atoms with Crippen molar-refractivity contribution >= 4 is 29.1 Å². The van der Waals surface area contributed by atoms with Gasteiger partial charge in [0, 0.05) is 36.7 Å². The van der Waals surface area contributed by atoms with Crippen LogP contribution in [0.25, 0.3) is 0 Å². The number of hydrogen-bond acceptors (Lipinski definition) is 5. The largest absolute Gasteiger partial charge is 0.369 e. The van der Waals surface area contributed by atoms with E-state index in [9.17, 15) is 0 Å². The summed E-state index contributed by atoms with van der Waals surface area (Å²) in [6, 6.07) is 0. The van der Waals surface area contributed by atoms with Crippen LogP contribution in [0.5, 0.6) is 0 Å². The van der Waals surface area contributed by atoms with Gasteiger partial charge >= 0.3 is 0 Å². The van der Waals surface area contributed by atoms with E-state index in [1.165, 1.54) is 4.90 Å². The third-order valence-corrected chi connectivity index (χ3v) is 3.71. The lowest BCUT2D eigenvalue weighted by atomic mass is 10.6. The van der Waals surface area contributed by atoms with Crippen LogP contribution in [0.15, 0.2) is 16.6 Å². The third-order valence-electron chi connectivity index (χ3n) is 1.79. The van der Waals surface area contributed by atoms with Gasteiger partial charge in [0.05, 0.1) is 0 Å². The van der Waals surface area contributed by atoms with Gasteiger partial charge in [-0.05, 0) is 0 Å². The minimum absolute atomic E-state index is 0.261. The minimum atomic E-state index is 0.261. The molecule has 0 spiro atoms. The normalized spacial score (nSPS) is 11.1. The summed E-state index contributed by atoms with van der Waals surface area (Å²) >= 11 is 3.37. The molecular weight excluding hydrogens is 242 g/mol. The van der Waals surface area contributed by atoms with Gasteiger partial charge in [0.2, 0.25) is 5.96 Å². The predicted molar refractivity (Wildman–Crippen MR) is 68.1 cm³/mol. The lowest BCUT2D eigenvalue weighted by Crippen LogP contribution is -2.34. The van der Waals surface area contributed by atoms with Crippen molar-refractivity contribution in [1.29, 1.82) is 5.26 Å². The molecule has 16 heavy (non-hydrogen) atoms. The van der Waals surface area contributed by atoms with Crippen LogP contribution in [0.3, 0.4) is 0 Å². The summed E-state index contributed by atoms with van der Waals surface area (Å²) in [6.07, 6.45) is 3.79. The van der Waals surface area contributed by atoms with Crippen LogP contribution in [0.4, 0.5) is 0 Å². The molecule has 0 fully saturated rings. The SMILES string of the molecule is CN=C(N)N(C#N)CCSCc1nccs1. The number of hydrogen-bond donors (Lipinski definition) is 1. The molecule has 5 nitrogen and oxygen atoms in total. The van der Waals surface area contributed by atoms with E-state index >= 15 is 0 Å². The molecule has 0 radical (unpaired) electrons. The average molecular weight is 255 g/mol. The average Bonchev–Trinajstić information content (AvgIpc) is 2.81. The first kappa shape index (κ1) is 12.8. The Morgan fingerprint density at radius 3 is 3.19 bits per heavy atom. The van der Waals surface area contributed by atoms with Gasteiger partial charge in [-0.2, -0.15) is 17.0 Å². The lowest BCUT2D eigenvalue weighted by Gasteiger charge is -2.12. The van der Waals surface area contributed by atoms with Gasteiger partial charge in [0.1, 0.15) is 5.01 Å². The van der Waals surface area contributed by atoms with Crippen LogP contribution in [-0.2, 0) is 5.75 Å². The quantitative estimate of drug-likeness (QED) is 0.280. The Balaban J connectivity index is 2.22. The highest BCUT2D eigenvalue weighted by Gasteiger charge is 2.05. The first-order valence-electron chi connectivity index (χ1n) is 4.63. The molecule has 1 aromatic heterocycles. The molecule has 86 valence electrons. The van der Waals surface area contributed by atoms with Gasteiger partial charge in [-0.15, -0.1) is 11.3 Å². The van der Waals surface area contributed by atoms with Crippen molar-refractivity contribution in [3.05, 3.63) is 16.6 Å². The molecular formula is C9H13N5S2. The summed E-state index contributed by atoms with van der Waals surface area (Å²) in [4.78, 5) is 9.33. The Hall–Kier alpha value is -1.26. The second-order valence-corrected chi connectivity index (χ2v) is 4.90. The minimum Gasteiger partial charge on any atom is -0.369 e. The number of aliphatic imine (C=N–C) groups is 1. The maximum absolute atomic E-state index is 8.81. The van der Waals surface area contributed by atoms with Crippen LogP contribution in [0.2, 0.25) is 0 Å². The molecule has 1 aromatic rings. The summed E-state index contributed by atoms with van der Waals surface area (Å²) in [7, 11) is 1.57. The number of nitrogens with zero attached hydrogens (tertiary/aromatic N) is 4.